The predicted octanol–water partition coefficient (Wildman–Crippen LogP) is 0.906. The summed E-state index contributed by atoms with van der Waals surface area (Å²) in [6, 6.07) is 3.68. The van der Waals surface area contributed by atoms with Gasteiger partial charge in [0, 0.05) is 5.92 Å². The number of primary amides is 1. The third kappa shape index (κ3) is 4.66. The maximum Gasteiger partial charge on any atom is 0.234 e. The Labute approximate surface area is 134 Å². The Morgan fingerprint density at radius 1 is 1.43 bits per heavy atom. The number of hydrogen-bond donors (Lipinski definition) is 3. The highest BCUT2D eigenvalue weighted by Crippen LogP contribution is 2.21. The minimum Gasteiger partial charge on any atom is -0.505 e. The molecule has 1 heterocycles. The fourth-order valence-corrected chi connectivity index (χ4v) is 2.74. The normalized spacial score (nSPS) is 17.7. The summed E-state index contributed by atoms with van der Waals surface area (Å²) in [5, 5.41) is 12.0. The first kappa shape index (κ1) is 17.2. The molecule has 1 unspecified atom stereocenters. The molecule has 0 radical (unpaired) electrons. The van der Waals surface area contributed by atoms with Gasteiger partial charge >= 0.3 is 0 Å². The number of rotatable bonds is 5. The lowest BCUT2D eigenvalue weighted by Gasteiger charge is -2.30. The van der Waals surface area contributed by atoms with E-state index in [9.17, 15) is 19.1 Å². The van der Waals surface area contributed by atoms with Gasteiger partial charge in [0.1, 0.15) is 0 Å². The molecule has 126 valence electrons. The van der Waals surface area contributed by atoms with Crippen LogP contribution in [0.15, 0.2) is 18.2 Å². The molecular weight excluding hydrogens is 301 g/mol. The number of amides is 2. The SMILES string of the molecule is CC(NC(=O)CN1CCC(C(N)=O)CC1)c1ccc(O)c(F)c1. The van der Waals surface area contributed by atoms with Crippen molar-refractivity contribution >= 4 is 11.8 Å². The van der Waals surface area contributed by atoms with Crippen LogP contribution in [0.2, 0.25) is 0 Å². The van der Waals surface area contributed by atoms with Gasteiger partial charge in [-0.25, -0.2) is 4.39 Å². The Hall–Kier alpha value is -2.15. The van der Waals surface area contributed by atoms with E-state index in [0.717, 1.165) is 0 Å². The number of hydrogen-bond acceptors (Lipinski definition) is 4. The number of piperidine rings is 1. The van der Waals surface area contributed by atoms with Gasteiger partial charge in [0.2, 0.25) is 11.8 Å². The fourth-order valence-electron chi connectivity index (χ4n) is 2.74. The summed E-state index contributed by atoms with van der Waals surface area (Å²) in [6.07, 6.45) is 1.34. The Bertz CT molecular complexity index is 586. The van der Waals surface area contributed by atoms with E-state index in [-0.39, 0.29) is 30.3 Å². The largest absolute Gasteiger partial charge is 0.505 e. The quantitative estimate of drug-likeness (QED) is 0.750. The second-order valence-electron chi connectivity index (χ2n) is 5.95. The smallest absolute Gasteiger partial charge is 0.234 e. The molecule has 1 saturated heterocycles. The van der Waals surface area contributed by atoms with Gasteiger partial charge in [-0.2, -0.15) is 0 Å². The van der Waals surface area contributed by atoms with Gasteiger partial charge in [0.05, 0.1) is 12.6 Å². The molecule has 4 N–H and O–H groups in total. The number of carbonyl (C=O) groups is 2. The van der Waals surface area contributed by atoms with E-state index < -0.39 is 11.6 Å². The molecule has 7 heteroatoms. The first-order valence-corrected chi connectivity index (χ1v) is 7.66. The number of nitrogens with one attached hydrogen (secondary N) is 1. The van der Waals surface area contributed by atoms with Crippen LogP contribution >= 0.6 is 0 Å². The number of likely N-dealkylation sites (tertiary alicyclic amines) is 1. The van der Waals surface area contributed by atoms with Crippen molar-refractivity contribution in [2.24, 2.45) is 11.7 Å². The molecule has 1 aromatic carbocycles. The molecular formula is C16H22FN3O3. The fraction of sp³-hybridized carbons (Fsp3) is 0.500. The maximum atomic E-state index is 13.3. The molecule has 2 amide bonds. The van der Waals surface area contributed by atoms with Gasteiger partial charge < -0.3 is 16.2 Å². The minimum absolute atomic E-state index is 0.104. The van der Waals surface area contributed by atoms with Crippen molar-refractivity contribution in [2.45, 2.75) is 25.8 Å². The van der Waals surface area contributed by atoms with Crippen molar-refractivity contribution in [3.8, 4) is 5.75 Å². The van der Waals surface area contributed by atoms with E-state index >= 15 is 0 Å². The average molecular weight is 323 g/mol. The van der Waals surface area contributed by atoms with Crippen LogP contribution in [0.5, 0.6) is 5.75 Å². The van der Waals surface area contributed by atoms with Crippen molar-refractivity contribution in [2.75, 3.05) is 19.6 Å². The third-order valence-electron chi connectivity index (χ3n) is 4.21. The van der Waals surface area contributed by atoms with Crippen molar-refractivity contribution in [1.29, 1.82) is 0 Å². The van der Waals surface area contributed by atoms with Crippen molar-refractivity contribution < 1.29 is 19.1 Å². The van der Waals surface area contributed by atoms with E-state index in [1.165, 1.54) is 12.1 Å². The van der Waals surface area contributed by atoms with Gasteiger partial charge in [-0.05, 0) is 50.6 Å². The third-order valence-corrected chi connectivity index (χ3v) is 4.21. The van der Waals surface area contributed by atoms with Crippen molar-refractivity contribution in [3.05, 3.63) is 29.6 Å². The van der Waals surface area contributed by atoms with Gasteiger partial charge in [0.15, 0.2) is 11.6 Å². The highest BCUT2D eigenvalue weighted by atomic mass is 19.1. The second kappa shape index (κ2) is 7.41. The molecule has 0 aromatic heterocycles. The average Bonchev–Trinajstić information content (AvgIpc) is 2.50. The Morgan fingerprint density at radius 3 is 2.65 bits per heavy atom. The minimum atomic E-state index is -0.711. The lowest BCUT2D eigenvalue weighted by atomic mass is 9.96. The topological polar surface area (TPSA) is 95.7 Å². The first-order chi connectivity index (χ1) is 10.9. The van der Waals surface area contributed by atoms with Gasteiger partial charge in [-0.3, -0.25) is 14.5 Å². The monoisotopic (exact) mass is 323 g/mol. The van der Waals surface area contributed by atoms with Crippen LogP contribution in [0.25, 0.3) is 0 Å². The Kier molecular flexibility index (Phi) is 5.54. The second-order valence-corrected chi connectivity index (χ2v) is 5.95. The predicted molar refractivity (Wildman–Crippen MR) is 83.0 cm³/mol. The molecule has 1 fully saturated rings. The summed E-state index contributed by atoms with van der Waals surface area (Å²) in [6.45, 7) is 3.30. The molecule has 1 atom stereocenters. The summed E-state index contributed by atoms with van der Waals surface area (Å²) in [4.78, 5) is 25.2. The molecule has 0 bridgehead atoms. The number of aromatic hydroxyl groups is 1. The van der Waals surface area contributed by atoms with Crippen LogP contribution in [-0.4, -0.2) is 41.5 Å². The number of phenolic OH excluding ortho intramolecular Hbond substituents is 1. The van der Waals surface area contributed by atoms with Crippen LogP contribution in [0.3, 0.4) is 0 Å². The zero-order valence-electron chi connectivity index (χ0n) is 13.1. The molecule has 0 aliphatic carbocycles. The van der Waals surface area contributed by atoms with Crippen LogP contribution in [-0.2, 0) is 9.59 Å². The van der Waals surface area contributed by atoms with Crippen LogP contribution in [0, 0.1) is 11.7 Å². The molecule has 1 aromatic rings. The van der Waals surface area contributed by atoms with Crippen LogP contribution in [0.4, 0.5) is 4.39 Å². The van der Waals surface area contributed by atoms with Crippen molar-refractivity contribution in [3.63, 3.8) is 0 Å². The van der Waals surface area contributed by atoms with E-state index in [1.807, 2.05) is 4.90 Å². The zero-order chi connectivity index (χ0) is 17.0. The number of benzene rings is 1. The Morgan fingerprint density at radius 2 is 2.09 bits per heavy atom. The van der Waals surface area contributed by atoms with Gasteiger partial charge in [-0.1, -0.05) is 6.07 Å². The Balaban J connectivity index is 1.82. The highest BCUT2D eigenvalue weighted by Gasteiger charge is 2.24. The number of nitrogens with zero attached hydrogens (tertiary/aromatic N) is 1. The maximum absolute atomic E-state index is 13.3. The standard InChI is InChI=1S/C16H22FN3O3/c1-10(12-2-3-14(21)13(17)8-12)19-15(22)9-20-6-4-11(5-7-20)16(18)23/h2-3,8,10-11,21H,4-7,9H2,1H3,(H2,18,23)(H,19,22). The van der Waals surface area contributed by atoms with Gasteiger partial charge in [-0.15, -0.1) is 0 Å². The molecule has 1 aliphatic rings. The molecule has 0 spiro atoms. The molecule has 23 heavy (non-hydrogen) atoms. The number of halogens is 1. The molecule has 1 aliphatic heterocycles. The highest BCUT2D eigenvalue weighted by molar-refractivity contribution is 5.79. The summed E-state index contributed by atoms with van der Waals surface area (Å²) in [5.74, 6) is -1.67. The van der Waals surface area contributed by atoms with E-state index in [2.05, 4.69) is 5.32 Å². The lowest BCUT2D eigenvalue weighted by molar-refractivity contribution is -0.124. The summed E-state index contributed by atoms with van der Waals surface area (Å²) >= 11 is 0. The van der Waals surface area contributed by atoms with E-state index in [4.69, 9.17) is 5.73 Å². The lowest BCUT2D eigenvalue weighted by Crippen LogP contribution is -2.44. The number of carbonyl (C=O) groups excluding carboxylic acids is 2. The zero-order valence-corrected chi connectivity index (χ0v) is 13.1. The summed E-state index contributed by atoms with van der Waals surface area (Å²) < 4.78 is 13.3. The molecule has 0 saturated carbocycles. The molecule has 6 nitrogen and oxygen atoms in total. The van der Waals surface area contributed by atoms with Crippen molar-refractivity contribution in [1.82, 2.24) is 10.2 Å². The number of phenols is 1. The first-order valence-electron chi connectivity index (χ1n) is 7.66. The van der Waals surface area contributed by atoms with Crippen LogP contribution in [0.1, 0.15) is 31.4 Å². The van der Waals surface area contributed by atoms with E-state index in [1.54, 1.807) is 13.0 Å². The van der Waals surface area contributed by atoms with Gasteiger partial charge in [0.25, 0.3) is 0 Å². The van der Waals surface area contributed by atoms with E-state index in [0.29, 0.717) is 31.5 Å². The van der Waals surface area contributed by atoms with Crippen LogP contribution < -0.4 is 11.1 Å². The molecule has 2 rings (SSSR count). The summed E-state index contributed by atoms with van der Waals surface area (Å²) in [5.41, 5.74) is 5.87. The summed E-state index contributed by atoms with van der Waals surface area (Å²) in [7, 11) is 0. The number of nitrogens with two attached hydrogens (primary N) is 1.